The van der Waals surface area contributed by atoms with Gasteiger partial charge in [-0.15, -0.1) is 0 Å². The Hall–Kier alpha value is -3.21. The van der Waals surface area contributed by atoms with E-state index in [1.165, 1.54) is 6.33 Å². The third-order valence-electron chi connectivity index (χ3n) is 4.50. The Balaban J connectivity index is 1.35. The number of carbonyl (C=O) groups is 1. The van der Waals surface area contributed by atoms with E-state index in [1.807, 2.05) is 49.4 Å². The van der Waals surface area contributed by atoms with Gasteiger partial charge in [-0.25, -0.2) is 9.67 Å². The van der Waals surface area contributed by atoms with Crippen LogP contribution in [0.3, 0.4) is 0 Å². The second kappa shape index (κ2) is 6.36. The van der Waals surface area contributed by atoms with Gasteiger partial charge in [0, 0.05) is 6.54 Å². The number of rotatable bonds is 5. The molecule has 0 bridgehead atoms. The van der Waals surface area contributed by atoms with Crippen molar-refractivity contribution in [3.05, 3.63) is 84.0 Å². The van der Waals surface area contributed by atoms with Crippen molar-refractivity contribution in [2.45, 2.75) is 13.5 Å². The van der Waals surface area contributed by atoms with Crippen molar-refractivity contribution in [1.29, 1.82) is 0 Å². The van der Waals surface area contributed by atoms with Crippen LogP contribution in [0.15, 0.2) is 72.8 Å². The lowest BCUT2D eigenvalue weighted by molar-refractivity contribution is -0.121. The first kappa shape index (κ1) is 15.3. The maximum Gasteiger partial charge on any atom is 0.231 e. The molecule has 1 N–H and O–H groups in total. The van der Waals surface area contributed by atoms with Crippen LogP contribution in [0.5, 0.6) is 0 Å². The number of nitrogens with one attached hydrogen (secondary N) is 1. The molecule has 1 aromatic heterocycles. The van der Waals surface area contributed by atoms with Crippen LogP contribution in [-0.4, -0.2) is 20.7 Å². The average molecular weight is 330 g/mol. The summed E-state index contributed by atoms with van der Waals surface area (Å²) in [5.74, 6) is -0.0199. The lowest BCUT2D eigenvalue weighted by atomic mass is 10.1. The fourth-order valence-corrected chi connectivity index (χ4v) is 3.07. The van der Waals surface area contributed by atoms with Gasteiger partial charge in [0.1, 0.15) is 12.7 Å². The van der Waals surface area contributed by atoms with Gasteiger partial charge in [0.15, 0.2) is 0 Å². The van der Waals surface area contributed by atoms with Crippen molar-refractivity contribution in [2.24, 2.45) is 5.92 Å². The Kier molecular flexibility index (Phi) is 3.90. The molecular formula is C20H18N4O. The van der Waals surface area contributed by atoms with Crippen molar-refractivity contribution in [1.82, 2.24) is 20.1 Å². The summed E-state index contributed by atoms with van der Waals surface area (Å²) in [6.07, 6.45) is 3.16. The Bertz CT molecular complexity index is 912. The lowest BCUT2D eigenvalue weighted by Crippen LogP contribution is -2.25. The number of benzene rings is 2. The number of amides is 1. The van der Waals surface area contributed by atoms with Gasteiger partial charge in [-0.1, -0.05) is 48.0 Å². The second-order valence-electron chi connectivity index (χ2n) is 6.12. The van der Waals surface area contributed by atoms with E-state index in [1.54, 1.807) is 11.0 Å². The van der Waals surface area contributed by atoms with Gasteiger partial charge >= 0.3 is 0 Å². The quantitative estimate of drug-likeness (QED) is 0.782. The maximum absolute atomic E-state index is 12.5. The van der Waals surface area contributed by atoms with E-state index < -0.39 is 0 Å². The summed E-state index contributed by atoms with van der Waals surface area (Å²) < 4.78 is 1.70. The van der Waals surface area contributed by atoms with Crippen LogP contribution in [0.2, 0.25) is 0 Å². The van der Waals surface area contributed by atoms with E-state index in [9.17, 15) is 4.79 Å². The van der Waals surface area contributed by atoms with E-state index in [0.717, 1.165) is 28.0 Å². The molecule has 0 spiro atoms. The molecule has 0 unspecified atom stereocenters. The predicted octanol–water partition coefficient (Wildman–Crippen LogP) is 2.99. The molecule has 0 fully saturated rings. The SMILES string of the molecule is CC1=C(c2ccccc2)[C@H]1C(=O)NCc1ccc(-n2cncn2)cc1. The van der Waals surface area contributed by atoms with Crippen LogP contribution < -0.4 is 5.32 Å². The van der Waals surface area contributed by atoms with E-state index >= 15 is 0 Å². The molecule has 3 aromatic rings. The lowest BCUT2D eigenvalue weighted by Gasteiger charge is -2.07. The maximum atomic E-state index is 12.5. The summed E-state index contributed by atoms with van der Waals surface area (Å²) in [5.41, 5.74) is 5.44. The average Bonchev–Trinajstić information content (AvgIpc) is 3.07. The van der Waals surface area contributed by atoms with Crippen molar-refractivity contribution < 1.29 is 4.79 Å². The second-order valence-corrected chi connectivity index (χ2v) is 6.12. The molecule has 0 radical (unpaired) electrons. The molecule has 0 saturated carbocycles. The van der Waals surface area contributed by atoms with Gasteiger partial charge in [-0.05, 0) is 35.8 Å². The molecule has 5 nitrogen and oxygen atoms in total. The summed E-state index contributed by atoms with van der Waals surface area (Å²) in [4.78, 5) is 16.4. The summed E-state index contributed by atoms with van der Waals surface area (Å²) in [7, 11) is 0. The predicted molar refractivity (Wildman–Crippen MR) is 95.7 cm³/mol. The normalized spacial score (nSPS) is 16.0. The van der Waals surface area contributed by atoms with Gasteiger partial charge < -0.3 is 5.32 Å². The molecule has 5 heteroatoms. The fraction of sp³-hybridized carbons (Fsp3) is 0.150. The highest BCUT2D eigenvalue weighted by atomic mass is 16.2. The highest BCUT2D eigenvalue weighted by Gasteiger charge is 2.39. The van der Waals surface area contributed by atoms with E-state index in [0.29, 0.717) is 6.54 Å². The molecule has 2 aromatic carbocycles. The topological polar surface area (TPSA) is 59.8 Å². The molecule has 1 aliphatic rings. The number of carbonyl (C=O) groups excluding carboxylic acids is 1. The monoisotopic (exact) mass is 330 g/mol. The zero-order valence-corrected chi connectivity index (χ0v) is 13.9. The first-order chi connectivity index (χ1) is 12.2. The van der Waals surface area contributed by atoms with Crippen molar-refractivity contribution in [2.75, 3.05) is 0 Å². The smallest absolute Gasteiger partial charge is 0.231 e. The van der Waals surface area contributed by atoms with E-state index in [2.05, 4.69) is 27.5 Å². The minimum absolute atomic E-state index is 0.0664. The Labute approximate surface area is 146 Å². The molecule has 25 heavy (non-hydrogen) atoms. The third-order valence-corrected chi connectivity index (χ3v) is 4.50. The van der Waals surface area contributed by atoms with Crippen molar-refractivity contribution in [3.8, 4) is 5.69 Å². The van der Waals surface area contributed by atoms with Crippen LogP contribution in [0.4, 0.5) is 0 Å². The molecule has 1 atom stereocenters. The minimum atomic E-state index is -0.0863. The van der Waals surface area contributed by atoms with Crippen molar-refractivity contribution >= 4 is 11.5 Å². The largest absolute Gasteiger partial charge is 0.351 e. The Morgan fingerprint density at radius 1 is 1.12 bits per heavy atom. The van der Waals surface area contributed by atoms with Gasteiger partial charge in [0.05, 0.1) is 11.6 Å². The van der Waals surface area contributed by atoms with Gasteiger partial charge in [-0.3, -0.25) is 4.79 Å². The fourth-order valence-electron chi connectivity index (χ4n) is 3.07. The number of hydrogen-bond acceptors (Lipinski definition) is 3. The number of nitrogens with zero attached hydrogens (tertiary/aromatic N) is 3. The zero-order chi connectivity index (χ0) is 17.2. The zero-order valence-electron chi connectivity index (χ0n) is 13.9. The van der Waals surface area contributed by atoms with Crippen LogP contribution in [0.25, 0.3) is 11.3 Å². The molecule has 124 valence electrons. The van der Waals surface area contributed by atoms with Crippen molar-refractivity contribution in [3.63, 3.8) is 0 Å². The third kappa shape index (κ3) is 3.08. The van der Waals surface area contributed by atoms with E-state index in [-0.39, 0.29) is 11.8 Å². The molecule has 4 rings (SSSR count). The molecule has 0 saturated heterocycles. The van der Waals surface area contributed by atoms with Gasteiger partial charge in [-0.2, -0.15) is 5.10 Å². The molecule has 1 aliphatic carbocycles. The van der Waals surface area contributed by atoms with Crippen LogP contribution in [0.1, 0.15) is 18.1 Å². The first-order valence-corrected chi connectivity index (χ1v) is 8.22. The highest BCUT2D eigenvalue weighted by Crippen LogP contribution is 2.46. The summed E-state index contributed by atoms with van der Waals surface area (Å²) in [6, 6.07) is 18.0. The minimum Gasteiger partial charge on any atom is -0.351 e. The van der Waals surface area contributed by atoms with Gasteiger partial charge in [0.2, 0.25) is 5.91 Å². The molecule has 1 amide bonds. The number of hydrogen-bond donors (Lipinski definition) is 1. The first-order valence-electron chi connectivity index (χ1n) is 8.22. The van der Waals surface area contributed by atoms with E-state index in [4.69, 9.17) is 0 Å². The van der Waals surface area contributed by atoms with Crippen LogP contribution in [-0.2, 0) is 11.3 Å². The molecule has 0 aliphatic heterocycles. The molecule has 1 heterocycles. The summed E-state index contributed by atoms with van der Waals surface area (Å²) in [6.45, 7) is 2.54. The Morgan fingerprint density at radius 2 is 1.88 bits per heavy atom. The summed E-state index contributed by atoms with van der Waals surface area (Å²) >= 11 is 0. The van der Waals surface area contributed by atoms with Crippen LogP contribution >= 0.6 is 0 Å². The van der Waals surface area contributed by atoms with Crippen LogP contribution in [0, 0.1) is 5.92 Å². The van der Waals surface area contributed by atoms with Gasteiger partial charge in [0.25, 0.3) is 0 Å². The Morgan fingerprint density at radius 3 is 2.56 bits per heavy atom. The highest BCUT2D eigenvalue weighted by molar-refractivity contribution is 6.05. The standard InChI is InChI=1S/C20H18N4O/c1-14-18(16-5-3-2-4-6-16)19(14)20(25)22-11-15-7-9-17(10-8-15)24-13-21-12-23-24/h2-10,12-13,19H,11H2,1H3,(H,22,25)/t19-/m0/s1. The number of aromatic nitrogens is 3. The molecular weight excluding hydrogens is 312 g/mol. The summed E-state index contributed by atoms with van der Waals surface area (Å²) in [5, 5.41) is 7.13.